The Labute approximate surface area is 378 Å². The maximum atomic E-state index is 6.71. The van der Waals surface area contributed by atoms with Gasteiger partial charge in [-0.3, -0.25) is 0 Å². The normalized spacial score (nSPS) is 14.1. The van der Waals surface area contributed by atoms with Gasteiger partial charge in [0.15, 0.2) is 17.5 Å². The molecule has 0 saturated carbocycles. The van der Waals surface area contributed by atoms with Crippen molar-refractivity contribution >= 4 is 0 Å². The number of hydrogen-bond donors (Lipinski definition) is 0. The van der Waals surface area contributed by atoms with E-state index >= 15 is 0 Å². The highest BCUT2D eigenvalue weighted by Crippen LogP contribution is 2.63. The quantitative estimate of drug-likeness (QED) is 0.173. The standard InChI is InChI=1S/C61H41N3O/c1-60(2)48-22-10-9-20-44(48)46-37-43(33-34-49(46)60)58-62-57(41-18-7-4-8-19-41)63-59(64-58)45-21-15-25-53-56(45)47-36-42(40-30-28-39(29-31-40)38-16-5-3-6-17-38)32-35-50(47)61(53)51-23-11-13-26-54(51)65-55-27-14-12-24-52(55)61/h3-37H,1-2H3. The molecule has 0 amide bonds. The smallest absolute Gasteiger partial charge is 0.164 e. The van der Waals surface area contributed by atoms with Crippen molar-refractivity contribution < 1.29 is 4.74 Å². The topological polar surface area (TPSA) is 47.9 Å². The van der Waals surface area contributed by atoms with Gasteiger partial charge in [-0.1, -0.05) is 202 Å². The van der Waals surface area contributed by atoms with Gasteiger partial charge in [0.2, 0.25) is 0 Å². The molecule has 0 fully saturated rings. The highest BCUT2D eigenvalue weighted by Gasteiger charge is 2.52. The number of para-hydroxylation sites is 2. The zero-order valence-corrected chi connectivity index (χ0v) is 36.0. The monoisotopic (exact) mass is 831 g/mol. The molecule has 2 aliphatic carbocycles. The highest BCUT2D eigenvalue weighted by atomic mass is 16.5. The Hall–Kier alpha value is -8.21. The van der Waals surface area contributed by atoms with E-state index in [1.54, 1.807) is 0 Å². The lowest BCUT2D eigenvalue weighted by atomic mass is 9.66. The number of benzene rings is 9. The molecule has 65 heavy (non-hydrogen) atoms. The zero-order valence-electron chi connectivity index (χ0n) is 36.0. The largest absolute Gasteiger partial charge is 0.457 e. The third kappa shape index (κ3) is 5.53. The zero-order chi connectivity index (χ0) is 43.3. The molecule has 2 heterocycles. The van der Waals surface area contributed by atoms with E-state index in [2.05, 4.69) is 208 Å². The molecule has 0 bridgehead atoms. The number of aromatic nitrogens is 3. The molecule has 4 nitrogen and oxygen atoms in total. The molecule has 3 aliphatic rings. The average molecular weight is 832 g/mol. The molecule has 1 aromatic heterocycles. The van der Waals surface area contributed by atoms with Crippen LogP contribution in [0, 0.1) is 0 Å². The molecular weight excluding hydrogens is 791 g/mol. The van der Waals surface area contributed by atoms with Gasteiger partial charge in [0.1, 0.15) is 11.5 Å². The van der Waals surface area contributed by atoms with E-state index in [4.69, 9.17) is 19.7 Å². The van der Waals surface area contributed by atoms with Crippen molar-refractivity contribution in [1.29, 1.82) is 0 Å². The van der Waals surface area contributed by atoms with Crippen LogP contribution in [0.25, 0.3) is 78.7 Å². The predicted molar refractivity (Wildman–Crippen MR) is 262 cm³/mol. The molecule has 4 heteroatoms. The summed E-state index contributed by atoms with van der Waals surface area (Å²) in [6.07, 6.45) is 0. The molecule has 13 rings (SSSR count). The predicted octanol–water partition coefficient (Wildman–Crippen LogP) is 15.0. The van der Waals surface area contributed by atoms with E-state index in [-0.39, 0.29) is 5.41 Å². The van der Waals surface area contributed by atoms with E-state index in [9.17, 15) is 0 Å². The van der Waals surface area contributed by atoms with Crippen molar-refractivity contribution in [1.82, 2.24) is 15.0 Å². The first-order valence-corrected chi connectivity index (χ1v) is 22.3. The lowest BCUT2D eigenvalue weighted by Crippen LogP contribution is -2.32. The molecule has 9 aromatic carbocycles. The van der Waals surface area contributed by atoms with Gasteiger partial charge >= 0.3 is 0 Å². The Kier molecular flexibility index (Phi) is 8.13. The highest BCUT2D eigenvalue weighted by molar-refractivity contribution is 5.97. The second-order valence-electron chi connectivity index (χ2n) is 17.9. The summed E-state index contributed by atoms with van der Waals surface area (Å²) in [5.41, 5.74) is 18.7. The Morgan fingerprint density at radius 2 is 0.769 bits per heavy atom. The summed E-state index contributed by atoms with van der Waals surface area (Å²) >= 11 is 0. The van der Waals surface area contributed by atoms with Crippen LogP contribution in [0.5, 0.6) is 11.5 Å². The van der Waals surface area contributed by atoms with Crippen molar-refractivity contribution in [2.45, 2.75) is 24.7 Å². The molecule has 0 N–H and O–H groups in total. The Morgan fingerprint density at radius 3 is 1.48 bits per heavy atom. The van der Waals surface area contributed by atoms with Crippen LogP contribution in [0.3, 0.4) is 0 Å². The maximum Gasteiger partial charge on any atom is 0.164 e. The fraction of sp³-hybridized carbons (Fsp3) is 0.0656. The molecule has 0 atom stereocenters. The minimum absolute atomic E-state index is 0.109. The van der Waals surface area contributed by atoms with Crippen molar-refractivity contribution in [3.8, 4) is 90.2 Å². The van der Waals surface area contributed by atoms with Gasteiger partial charge in [-0.05, 0) is 91.0 Å². The van der Waals surface area contributed by atoms with E-state index in [0.717, 1.165) is 61.6 Å². The third-order valence-electron chi connectivity index (χ3n) is 14.0. The maximum absolute atomic E-state index is 6.71. The second-order valence-corrected chi connectivity index (χ2v) is 17.9. The summed E-state index contributed by atoms with van der Waals surface area (Å²) in [4.78, 5) is 16.1. The first-order chi connectivity index (χ1) is 32.0. The number of ether oxygens (including phenoxy) is 1. The molecule has 306 valence electrons. The van der Waals surface area contributed by atoms with E-state index in [0.29, 0.717) is 17.5 Å². The number of rotatable bonds is 5. The van der Waals surface area contributed by atoms with Crippen LogP contribution < -0.4 is 4.74 Å². The van der Waals surface area contributed by atoms with E-state index in [1.165, 1.54) is 44.5 Å². The minimum atomic E-state index is -0.667. The molecular formula is C61H41N3O. The molecule has 0 saturated heterocycles. The number of fused-ring (bicyclic) bond motifs is 12. The third-order valence-corrected chi connectivity index (χ3v) is 14.0. The molecule has 0 radical (unpaired) electrons. The SMILES string of the molecule is CC1(C)c2ccccc2-c2cc(-c3nc(-c4ccccc4)nc(-c4cccc5c4-c4cc(-c6ccc(-c7ccccc7)cc6)ccc4C54c5ccccc5Oc5ccccc54)n3)ccc21. The van der Waals surface area contributed by atoms with Crippen molar-refractivity contribution in [2.75, 3.05) is 0 Å². The first kappa shape index (κ1) is 37.4. The number of hydrogen-bond acceptors (Lipinski definition) is 4. The van der Waals surface area contributed by atoms with Crippen LogP contribution in [0.4, 0.5) is 0 Å². The fourth-order valence-corrected chi connectivity index (χ4v) is 11.0. The molecule has 0 unspecified atom stereocenters. The fourth-order valence-electron chi connectivity index (χ4n) is 11.0. The van der Waals surface area contributed by atoms with Crippen LogP contribution in [0.15, 0.2) is 212 Å². The molecule has 1 aliphatic heterocycles. The van der Waals surface area contributed by atoms with E-state index in [1.807, 2.05) is 18.2 Å². The van der Waals surface area contributed by atoms with Crippen molar-refractivity contribution in [3.05, 3.63) is 246 Å². The summed E-state index contributed by atoms with van der Waals surface area (Å²) in [6.45, 7) is 4.62. The Morgan fingerprint density at radius 1 is 0.308 bits per heavy atom. The van der Waals surface area contributed by atoms with Gasteiger partial charge in [0, 0.05) is 33.2 Å². The van der Waals surface area contributed by atoms with Crippen LogP contribution in [0.2, 0.25) is 0 Å². The Balaban J connectivity index is 1.06. The van der Waals surface area contributed by atoms with Gasteiger partial charge < -0.3 is 4.74 Å². The van der Waals surface area contributed by atoms with Gasteiger partial charge in [-0.15, -0.1) is 0 Å². The van der Waals surface area contributed by atoms with Gasteiger partial charge in [-0.25, -0.2) is 15.0 Å². The summed E-state index contributed by atoms with van der Waals surface area (Å²) < 4.78 is 6.71. The van der Waals surface area contributed by atoms with Crippen LogP contribution in [-0.2, 0) is 10.8 Å². The molecule has 1 spiro atoms. The summed E-state index contributed by atoms with van der Waals surface area (Å²) in [5.74, 6) is 3.60. The van der Waals surface area contributed by atoms with Crippen LogP contribution in [0.1, 0.15) is 47.2 Å². The second kappa shape index (κ2) is 14.2. The average Bonchev–Trinajstić information content (AvgIpc) is 3.79. The van der Waals surface area contributed by atoms with Crippen molar-refractivity contribution in [3.63, 3.8) is 0 Å². The lowest BCUT2D eigenvalue weighted by molar-refractivity contribution is 0.436. The van der Waals surface area contributed by atoms with Crippen LogP contribution >= 0.6 is 0 Å². The molecule has 10 aromatic rings. The van der Waals surface area contributed by atoms with Gasteiger partial charge in [0.25, 0.3) is 0 Å². The van der Waals surface area contributed by atoms with Crippen LogP contribution in [-0.4, -0.2) is 15.0 Å². The Bertz CT molecular complexity index is 3490. The first-order valence-electron chi connectivity index (χ1n) is 22.3. The van der Waals surface area contributed by atoms with Gasteiger partial charge in [-0.2, -0.15) is 0 Å². The minimum Gasteiger partial charge on any atom is -0.457 e. The summed E-state index contributed by atoms with van der Waals surface area (Å²) in [6, 6.07) is 75.9. The van der Waals surface area contributed by atoms with E-state index < -0.39 is 5.41 Å². The van der Waals surface area contributed by atoms with Crippen molar-refractivity contribution in [2.24, 2.45) is 0 Å². The number of nitrogens with zero attached hydrogens (tertiary/aromatic N) is 3. The lowest BCUT2D eigenvalue weighted by Gasteiger charge is -2.39. The summed E-state index contributed by atoms with van der Waals surface area (Å²) in [7, 11) is 0. The van der Waals surface area contributed by atoms with Gasteiger partial charge in [0.05, 0.1) is 5.41 Å². The summed E-state index contributed by atoms with van der Waals surface area (Å²) in [5, 5.41) is 0.